The van der Waals surface area contributed by atoms with Gasteiger partial charge in [0.2, 0.25) is 0 Å². The molecule has 0 aliphatic carbocycles. The molecule has 2 nitrogen and oxygen atoms in total. The molecule has 0 aliphatic heterocycles. The van der Waals surface area contributed by atoms with Crippen molar-refractivity contribution < 1.29 is 5.11 Å². The topological polar surface area (TPSA) is 23.5 Å². The van der Waals surface area contributed by atoms with E-state index in [1.165, 1.54) is 12.8 Å². The maximum atomic E-state index is 9.37. The van der Waals surface area contributed by atoms with E-state index < -0.39 is 0 Å². The van der Waals surface area contributed by atoms with Crippen LogP contribution >= 0.6 is 0 Å². The monoisotopic (exact) mass is 159 g/mol. The lowest BCUT2D eigenvalue weighted by molar-refractivity contribution is 0.0838. The number of rotatable bonds is 5. The summed E-state index contributed by atoms with van der Waals surface area (Å²) < 4.78 is 0. The van der Waals surface area contributed by atoms with Gasteiger partial charge in [-0.25, -0.2) is 0 Å². The molecule has 0 unspecified atom stereocenters. The van der Waals surface area contributed by atoms with Crippen LogP contribution in [0, 0.1) is 0 Å². The number of aliphatic hydroxyl groups is 1. The molecule has 0 aromatic heterocycles. The fourth-order valence-electron chi connectivity index (χ4n) is 1.34. The maximum Gasteiger partial charge on any atom is 0.0667 e. The molecular formula is C9H21NO. The van der Waals surface area contributed by atoms with Gasteiger partial charge in [0.05, 0.1) is 6.10 Å². The summed E-state index contributed by atoms with van der Waals surface area (Å²) in [6.45, 7) is 4.04. The van der Waals surface area contributed by atoms with Gasteiger partial charge in [-0.3, -0.25) is 0 Å². The van der Waals surface area contributed by atoms with Crippen molar-refractivity contribution in [2.45, 2.75) is 45.3 Å². The van der Waals surface area contributed by atoms with Crippen molar-refractivity contribution in [3.8, 4) is 0 Å². The van der Waals surface area contributed by atoms with Crippen LogP contribution in [0.25, 0.3) is 0 Å². The summed E-state index contributed by atoms with van der Waals surface area (Å²) >= 11 is 0. The van der Waals surface area contributed by atoms with E-state index in [2.05, 4.69) is 11.8 Å². The number of nitrogens with zero attached hydrogens (tertiary/aromatic N) is 1. The third kappa shape index (κ3) is 4.38. The summed E-state index contributed by atoms with van der Waals surface area (Å²) in [6.07, 6.45) is 3.29. The highest BCUT2D eigenvalue weighted by molar-refractivity contribution is 4.71. The number of aliphatic hydroxyl groups excluding tert-OH is 1. The zero-order chi connectivity index (χ0) is 8.85. The van der Waals surface area contributed by atoms with Crippen LogP contribution < -0.4 is 0 Å². The van der Waals surface area contributed by atoms with E-state index in [0.29, 0.717) is 6.04 Å². The lowest BCUT2D eigenvalue weighted by Gasteiger charge is -2.26. The molecule has 11 heavy (non-hydrogen) atoms. The minimum atomic E-state index is -0.212. The van der Waals surface area contributed by atoms with Gasteiger partial charge in [-0.15, -0.1) is 0 Å². The zero-order valence-corrected chi connectivity index (χ0v) is 8.17. The molecule has 68 valence electrons. The van der Waals surface area contributed by atoms with Crippen molar-refractivity contribution in [3.63, 3.8) is 0 Å². The molecule has 0 fully saturated rings. The van der Waals surface area contributed by atoms with Crippen LogP contribution in [0.15, 0.2) is 0 Å². The van der Waals surface area contributed by atoms with Crippen LogP contribution in [-0.2, 0) is 0 Å². The predicted octanol–water partition coefficient (Wildman–Crippen LogP) is 1.49. The fourth-order valence-corrected chi connectivity index (χ4v) is 1.34. The Hall–Kier alpha value is -0.0800. The Bertz CT molecular complexity index is 83.6. The number of hydrogen-bond donors (Lipinski definition) is 1. The summed E-state index contributed by atoms with van der Waals surface area (Å²) in [7, 11) is 4.04. The summed E-state index contributed by atoms with van der Waals surface area (Å²) in [6, 6.07) is 0.329. The highest BCUT2D eigenvalue weighted by Crippen LogP contribution is 2.09. The first-order chi connectivity index (χ1) is 5.09. The molecule has 0 rings (SSSR count). The van der Waals surface area contributed by atoms with E-state index in [1.807, 2.05) is 21.0 Å². The van der Waals surface area contributed by atoms with Crippen molar-refractivity contribution in [1.82, 2.24) is 4.90 Å². The van der Waals surface area contributed by atoms with Crippen molar-refractivity contribution in [2.24, 2.45) is 0 Å². The summed E-state index contributed by atoms with van der Waals surface area (Å²) in [5.74, 6) is 0. The Morgan fingerprint density at radius 1 is 1.36 bits per heavy atom. The first-order valence-corrected chi connectivity index (χ1v) is 4.44. The molecule has 0 amide bonds. The van der Waals surface area contributed by atoms with E-state index in [1.54, 1.807) is 0 Å². The third-order valence-corrected chi connectivity index (χ3v) is 2.07. The van der Waals surface area contributed by atoms with Crippen molar-refractivity contribution in [1.29, 1.82) is 0 Å². The first kappa shape index (κ1) is 10.9. The molecule has 0 aromatic carbocycles. The van der Waals surface area contributed by atoms with Crippen molar-refractivity contribution in [2.75, 3.05) is 14.1 Å². The number of unbranched alkanes of at least 4 members (excludes halogenated alkanes) is 1. The second-order valence-corrected chi connectivity index (χ2v) is 3.41. The molecule has 0 saturated heterocycles. The molecular weight excluding hydrogens is 138 g/mol. The standard InChI is InChI=1S/C9H21NO/c1-5-6-7-9(8(2)11)10(3)4/h8-9,11H,5-7H2,1-4H3/t8-,9-/m0/s1. The van der Waals surface area contributed by atoms with Gasteiger partial charge in [0.25, 0.3) is 0 Å². The minimum absolute atomic E-state index is 0.212. The van der Waals surface area contributed by atoms with E-state index in [4.69, 9.17) is 0 Å². The molecule has 0 bridgehead atoms. The fraction of sp³-hybridized carbons (Fsp3) is 1.00. The smallest absolute Gasteiger partial charge is 0.0667 e. The SMILES string of the molecule is CCCC[C@@H]([C@H](C)O)N(C)C. The Balaban J connectivity index is 3.70. The Morgan fingerprint density at radius 3 is 2.18 bits per heavy atom. The first-order valence-electron chi connectivity index (χ1n) is 4.44. The highest BCUT2D eigenvalue weighted by Gasteiger charge is 2.15. The normalized spacial score (nSPS) is 16.9. The van der Waals surface area contributed by atoms with Gasteiger partial charge in [-0.05, 0) is 27.4 Å². The molecule has 0 aliphatic rings. The van der Waals surface area contributed by atoms with Gasteiger partial charge in [-0.2, -0.15) is 0 Å². The van der Waals surface area contributed by atoms with Crippen LogP contribution in [0.2, 0.25) is 0 Å². The molecule has 0 radical (unpaired) electrons. The zero-order valence-electron chi connectivity index (χ0n) is 8.17. The van der Waals surface area contributed by atoms with Crippen LogP contribution in [0.1, 0.15) is 33.1 Å². The minimum Gasteiger partial charge on any atom is -0.392 e. The lowest BCUT2D eigenvalue weighted by Crippen LogP contribution is -2.37. The van der Waals surface area contributed by atoms with Crippen LogP contribution in [0.4, 0.5) is 0 Å². The average Bonchev–Trinajstić information content (AvgIpc) is 1.87. The number of hydrogen-bond acceptors (Lipinski definition) is 2. The van der Waals surface area contributed by atoms with E-state index in [9.17, 15) is 5.11 Å². The molecule has 0 saturated carbocycles. The summed E-state index contributed by atoms with van der Waals surface area (Å²) in [5.41, 5.74) is 0. The maximum absolute atomic E-state index is 9.37. The largest absolute Gasteiger partial charge is 0.392 e. The molecule has 0 aromatic rings. The molecule has 2 heteroatoms. The van der Waals surface area contributed by atoms with Crippen molar-refractivity contribution in [3.05, 3.63) is 0 Å². The van der Waals surface area contributed by atoms with E-state index in [-0.39, 0.29) is 6.10 Å². The summed E-state index contributed by atoms with van der Waals surface area (Å²) in [4.78, 5) is 2.10. The Kier molecular flexibility index (Phi) is 5.51. The predicted molar refractivity (Wildman–Crippen MR) is 48.7 cm³/mol. The Labute approximate surface area is 70.2 Å². The second kappa shape index (κ2) is 5.56. The molecule has 2 atom stereocenters. The number of likely N-dealkylation sites (N-methyl/N-ethyl adjacent to an activating group) is 1. The third-order valence-electron chi connectivity index (χ3n) is 2.07. The van der Waals surface area contributed by atoms with Crippen molar-refractivity contribution >= 4 is 0 Å². The van der Waals surface area contributed by atoms with Gasteiger partial charge >= 0.3 is 0 Å². The highest BCUT2D eigenvalue weighted by atomic mass is 16.3. The Morgan fingerprint density at radius 2 is 1.91 bits per heavy atom. The average molecular weight is 159 g/mol. The molecule has 0 heterocycles. The van der Waals surface area contributed by atoms with Gasteiger partial charge < -0.3 is 10.0 Å². The lowest BCUT2D eigenvalue weighted by atomic mass is 10.0. The molecule has 1 N–H and O–H groups in total. The quantitative estimate of drug-likeness (QED) is 0.657. The van der Waals surface area contributed by atoms with Crippen LogP contribution in [0.5, 0.6) is 0 Å². The van der Waals surface area contributed by atoms with E-state index in [0.717, 1.165) is 6.42 Å². The van der Waals surface area contributed by atoms with Gasteiger partial charge in [0, 0.05) is 6.04 Å². The van der Waals surface area contributed by atoms with Crippen LogP contribution in [0.3, 0.4) is 0 Å². The van der Waals surface area contributed by atoms with Gasteiger partial charge in [0.1, 0.15) is 0 Å². The summed E-state index contributed by atoms with van der Waals surface area (Å²) in [5, 5.41) is 9.37. The van der Waals surface area contributed by atoms with Gasteiger partial charge in [-0.1, -0.05) is 19.8 Å². The molecule has 0 spiro atoms. The van der Waals surface area contributed by atoms with Gasteiger partial charge in [0.15, 0.2) is 0 Å². The van der Waals surface area contributed by atoms with Crippen LogP contribution in [-0.4, -0.2) is 36.2 Å². The second-order valence-electron chi connectivity index (χ2n) is 3.41. The van der Waals surface area contributed by atoms with E-state index >= 15 is 0 Å².